The summed E-state index contributed by atoms with van der Waals surface area (Å²) >= 11 is 0. The number of hydrogen-bond donors (Lipinski definition) is 2. The van der Waals surface area contributed by atoms with Gasteiger partial charge in [-0.05, 0) is 60.7 Å². The van der Waals surface area contributed by atoms with Gasteiger partial charge in [0.05, 0.1) is 6.61 Å². The molecule has 2 atom stereocenters. The lowest BCUT2D eigenvalue weighted by atomic mass is 9.94. The van der Waals surface area contributed by atoms with E-state index >= 15 is 0 Å². The quantitative estimate of drug-likeness (QED) is 0.326. The summed E-state index contributed by atoms with van der Waals surface area (Å²) in [6.07, 6.45) is 0. The second-order valence-corrected chi connectivity index (χ2v) is 8.61. The Kier molecular flexibility index (Phi) is 7.39. The molecule has 180 valence electrons. The van der Waals surface area contributed by atoms with Crippen molar-refractivity contribution in [2.24, 2.45) is 0 Å². The minimum absolute atomic E-state index is 0.109. The van der Waals surface area contributed by atoms with Gasteiger partial charge in [-0.2, -0.15) is 4.98 Å². The second kappa shape index (κ2) is 10.6. The van der Waals surface area contributed by atoms with E-state index in [-0.39, 0.29) is 6.04 Å². The molecular weight excluding hydrogens is 442 g/mol. The van der Waals surface area contributed by atoms with Crippen LogP contribution in [0.5, 0.6) is 0 Å². The first-order valence-electron chi connectivity index (χ1n) is 11.5. The molecule has 1 heterocycles. The molecule has 0 spiro atoms. The molecule has 0 unspecified atom stereocenters. The van der Waals surface area contributed by atoms with Crippen LogP contribution in [-0.4, -0.2) is 34.4 Å². The van der Waals surface area contributed by atoms with Gasteiger partial charge in [0.1, 0.15) is 6.04 Å². The summed E-state index contributed by atoms with van der Waals surface area (Å²) in [6, 6.07) is 21.3. The highest BCUT2D eigenvalue weighted by molar-refractivity contribution is 5.74. The van der Waals surface area contributed by atoms with Gasteiger partial charge in [0.25, 0.3) is 5.89 Å². The predicted octanol–water partition coefficient (Wildman–Crippen LogP) is 5.65. The van der Waals surface area contributed by atoms with Crippen LogP contribution in [0.3, 0.4) is 0 Å². The number of hydrogen-bond acceptors (Lipinski definition) is 6. The third kappa shape index (κ3) is 5.48. The minimum atomic E-state index is -0.881. The van der Waals surface area contributed by atoms with Crippen molar-refractivity contribution in [1.82, 2.24) is 15.5 Å². The standard InChI is InChI=1S/C28H29N3O4/c1-17-7-5-6-8-24(17)25-14-13-22(15-23(25)16-34-4)27-30-26(31-35-27)21-11-9-20(10-12-21)18(2)29-19(3)28(32)33/h5-15,18-19,29H,16H2,1-4H3,(H,32,33)/t18-,19-/m1/s1. The largest absolute Gasteiger partial charge is 0.480 e. The Morgan fingerprint density at radius 2 is 1.74 bits per heavy atom. The highest BCUT2D eigenvalue weighted by Crippen LogP contribution is 2.31. The van der Waals surface area contributed by atoms with Crippen molar-refractivity contribution in [2.75, 3.05) is 7.11 Å². The summed E-state index contributed by atoms with van der Waals surface area (Å²) in [5.41, 5.74) is 7.13. The fourth-order valence-corrected chi connectivity index (χ4v) is 4.06. The van der Waals surface area contributed by atoms with Crippen LogP contribution in [0.2, 0.25) is 0 Å². The van der Waals surface area contributed by atoms with E-state index in [0.29, 0.717) is 18.3 Å². The first-order valence-corrected chi connectivity index (χ1v) is 11.5. The molecule has 0 aliphatic rings. The Labute approximate surface area is 204 Å². The molecule has 0 aliphatic carbocycles. The third-order valence-electron chi connectivity index (χ3n) is 6.05. The lowest BCUT2D eigenvalue weighted by Gasteiger charge is -2.17. The van der Waals surface area contributed by atoms with E-state index in [9.17, 15) is 4.79 Å². The maximum absolute atomic E-state index is 11.1. The maximum atomic E-state index is 11.1. The summed E-state index contributed by atoms with van der Waals surface area (Å²) < 4.78 is 11.0. The van der Waals surface area contributed by atoms with Gasteiger partial charge >= 0.3 is 5.97 Å². The first kappa shape index (κ1) is 24.3. The van der Waals surface area contributed by atoms with Crippen molar-refractivity contribution < 1.29 is 19.2 Å². The number of aryl methyl sites for hydroxylation is 1. The van der Waals surface area contributed by atoms with Crippen molar-refractivity contribution >= 4 is 5.97 Å². The van der Waals surface area contributed by atoms with Crippen LogP contribution < -0.4 is 5.32 Å². The van der Waals surface area contributed by atoms with Crippen molar-refractivity contribution in [3.8, 4) is 34.0 Å². The molecule has 0 bridgehead atoms. The Morgan fingerprint density at radius 3 is 2.43 bits per heavy atom. The van der Waals surface area contributed by atoms with Crippen LogP contribution in [0.15, 0.2) is 71.3 Å². The average Bonchev–Trinajstić information content (AvgIpc) is 3.35. The summed E-state index contributed by atoms with van der Waals surface area (Å²) in [7, 11) is 1.68. The van der Waals surface area contributed by atoms with Crippen molar-refractivity contribution in [3.05, 3.63) is 83.4 Å². The van der Waals surface area contributed by atoms with Crippen molar-refractivity contribution in [3.63, 3.8) is 0 Å². The monoisotopic (exact) mass is 471 g/mol. The zero-order chi connectivity index (χ0) is 24.9. The number of carboxylic acid groups (broad SMARTS) is 1. The number of aliphatic carboxylic acids is 1. The molecule has 3 aromatic carbocycles. The summed E-state index contributed by atoms with van der Waals surface area (Å²) in [5.74, 6) is 0.0406. The summed E-state index contributed by atoms with van der Waals surface area (Å²) in [5, 5.41) is 16.3. The Balaban J connectivity index is 1.57. The fourth-order valence-electron chi connectivity index (χ4n) is 4.06. The number of rotatable bonds is 9. The fraction of sp³-hybridized carbons (Fsp3) is 0.250. The number of benzene rings is 3. The van der Waals surface area contributed by atoms with E-state index in [1.807, 2.05) is 55.5 Å². The van der Waals surface area contributed by atoms with Crippen molar-refractivity contribution in [1.29, 1.82) is 0 Å². The Bertz CT molecular complexity index is 1310. The number of nitrogens with one attached hydrogen (secondary N) is 1. The second-order valence-electron chi connectivity index (χ2n) is 8.61. The molecule has 0 aliphatic heterocycles. The molecule has 2 N–H and O–H groups in total. The van der Waals surface area contributed by atoms with Crippen LogP contribution in [0, 0.1) is 6.92 Å². The molecule has 4 aromatic rings. The minimum Gasteiger partial charge on any atom is -0.480 e. The predicted molar refractivity (Wildman–Crippen MR) is 135 cm³/mol. The van der Waals surface area contributed by atoms with Crippen LogP contribution in [-0.2, 0) is 16.1 Å². The zero-order valence-corrected chi connectivity index (χ0v) is 20.3. The molecule has 0 radical (unpaired) electrons. The van der Waals surface area contributed by atoms with E-state index < -0.39 is 12.0 Å². The van der Waals surface area contributed by atoms with Gasteiger partial charge in [0.2, 0.25) is 5.82 Å². The van der Waals surface area contributed by atoms with Gasteiger partial charge in [0, 0.05) is 24.3 Å². The number of ether oxygens (including phenoxy) is 1. The topological polar surface area (TPSA) is 97.5 Å². The Morgan fingerprint density at radius 1 is 1.03 bits per heavy atom. The van der Waals surface area contributed by atoms with E-state index in [0.717, 1.165) is 27.8 Å². The van der Waals surface area contributed by atoms with Crippen LogP contribution in [0.4, 0.5) is 0 Å². The van der Waals surface area contributed by atoms with Gasteiger partial charge in [0.15, 0.2) is 0 Å². The molecule has 0 saturated carbocycles. The Hall–Kier alpha value is -3.81. The SMILES string of the molecule is COCc1cc(-c2nc(-c3ccc([C@@H](C)N[C@H](C)C(=O)O)cc3)no2)ccc1-c1ccccc1C. The van der Waals surface area contributed by atoms with Gasteiger partial charge in [-0.1, -0.05) is 59.8 Å². The number of carbonyl (C=O) groups is 1. The normalized spacial score (nSPS) is 12.9. The zero-order valence-electron chi connectivity index (χ0n) is 20.3. The van der Waals surface area contributed by atoms with Crippen LogP contribution >= 0.6 is 0 Å². The summed E-state index contributed by atoms with van der Waals surface area (Å²) in [4.78, 5) is 15.7. The highest BCUT2D eigenvalue weighted by atomic mass is 16.5. The molecule has 4 rings (SSSR count). The van der Waals surface area contributed by atoms with Crippen LogP contribution in [0.25, 0.3) is 34.0 Å². The van der Waals surface area contributed by atoms with E-state index in [1.54, 1.807) is 14.0 Å². The number of aromatic nitrogens is 2. The number of carboxylic acids is 1. The van der Waals surface area contributed by atoms with Gasteiger partial charge in [-0.3, -0.25) is 10.1 Å². The molecule has 35 heavy (non-hydrogen) atoms. The number of methoxy groups -OCH3 is 1. The molecule has 0 amide bonds. The number of nitrogens with zero attached hydrogens (tertiary/aromatic N) is 2. The maximum Gasteiger partial charge on any atom is 0.320 e. The van der Waals surface area contributed by atoms with E-state index in [4.69, 9.17) is 14.4 Å². The smallest absolute Gasteiger partial charge is 0.320 e. The highest BCUT2D eigenvalue weighted by Gasteiger charge is 2.17. The van der Waals surface area contributed by atoms with Gasteiger partial charge in [-0.15, -0.1) is 0 Å². The summed E-state index contributed by atoms with van der Waals surface area (Å²) in [6.45, 7) is 6.12. The molecule has 7 nitrogen and oxygen atoms in total. The molecule has 7 heteroatoms. The average molecular weight is 472 g/mol. The lowest BCUT2D eigenvalue weighted by molar-refractivity contribution is -0.139. The molecule has 0 fully saturated rings. The van der Waals surface area contributed by atoms with Crippen LogP contribution in [0.1, 0.15) is 36.6 Å². The van der Waals surface area contributed by atoms with E-state index in [1.165, 1.54) is 11.1 Å². The van der Waals surface area contributed by atoms with Gasteiger partial charge in [-0.25, -0.2) is 0 Å². The van der Waals surface area contributed by atoms with Gasteiger partial charge < -0.3 is 14.4 Å². The molecular formula is C28H29N3O4. The lowest BCUT2D eigenvalue weighted by Crippen LogP contribution is -2.35. The first-order chi connectivity index (χ1) is 16.9. The third-order valence-corrected chi connectivity index (χ3v) is 6.05. The van der Waals surface area contributed by atoms with Crippen molar-refractivity contribution in [2.45, 2.75) is 39.5 Å². The van der Waals surface area contributed by atoms with E-state index in [2.05, 4.69) is 40.6 Å². The molecule has 0 saturated heterocycles. The molecule has 1 aromatic heterocycles.